The van der Waals surface area contributed by atoms with Crippen LogP contribution in [0.1, 0.15) is 25.0 Å². The maximum Gasteiger partial charge on any atom is 0.281 e. The van der Waals surface area contributed by atoms with Gasteiger partial charge in [0.2, 0.25) is 0 Å². The first-order chi connectivity index (χ1) is 14.1. The summed E-state index contributed by atoms with van der Waals surface area (Å²) >= 11 is 0. The molecule has 1 aliphatic rings. The minimum Gasteiger partial charge on any atom is -0.355 e. The molecule has 1 aliphatic heterocycles. The quantitative estimate of drug-likeness (QED) is 0.452. The molecule has 0 aromatic carbocycles. The molecule has 0 unspecified atom stereocenters. The standard InChI is InChI=1S/C16H21F2N9O2S/c17-15(18)11-9-27-12(6-23-14(27)7-22-11)16-21-4-3-13(24-16)26-5-1-2-10(8-26)25-30(19,20,28)29/h3-4,6-7,9-10,15H,1-2,5,8H2,(H6,19,20,25,28,29)/t10-/m0/s1. The monoisotopic (exact) mass is 441 g/mol. The molecule has 14 heteroatoms. The van der Waals surface area contributed by atoms with Crippen LogP contribution in [0.4, 0.5) is 14.6 Å². The number of halogens is 2. The molecule has 1 saturated heterocycles. The summed E-state index contributed by atoms with van der Waals surface area (Å²) in [4.78, 5) is 18.5. The van der Waals surface area contributed by atoms with E-state index in [1.165, 1.54) is 23.0 Å². The Morgan fingerprint density at radius 3 is 2.80 bits per heavy atom. The van der Waals surface area contributed by atoms with Gasteiger partial charge in [0.05, 0.1) is 12.4 Å². The van der Waals surface area contributed by atoms with E-state index in [1.807, 2.05) is 4.90 Å². The smallest absolute Gasteiger partial charge is 0.281 e. The summed E-state index contributed by atoms with van der Waals surface area (Å²) in [6.07, 6.45) is 4.13. The zero-order chi connectivity index (χ0) is 21.5. The van der Waals surface area contributed by atoms with Gasteiger partial charge in [0, 0.05) is 31.5 Å². The van der Waals surface area contributed by atoms with Crippen molar-refractivity contribution < 1.29 is 17.5 Å². The first kappa shape index (κ1) is 20.6. The number of imidazole rings is 1. The van der Waals surface area contributed by atoms with Crippen molar-refractivity contribution in [2.24, 2.45) is 10.3 Å². The molecule has 162 valence electrons. The maximum absolute atomic E-state index is 13.0. The van der Waals surface area contributed by atoms with E-state index in [1.54, 1.807) is 12.3 Å². The molecule has 3 aromatic rings. The molecule has 1 atom stereocenters. The van der Waals surface area contributed by atoms with Crippen LogP contribution in [-0.4, -0.2) is 52.2 Å². The van der Waals surface area contributed by atoms with Crippen LogP contribution in [0.15, 0.2) is 30.9 Å². The minimum atomic E-state index is -4.83. The highest BCUT2D eigenvalue weighted by molar-refractivity contribution is 8.09. The van der Waals surface area contributed by atoms with Crippen LogP contribution >= 0.6 is 0 Å². The first-order valence-corrected chi connectivity index (χ1v) is 11.1. The van der Waals surface area contributed by atoms with Crippen molar-refractivity contribution in [2.75, 3.05) is 18.0 Å². The summed E-state index contributed by atoms with van der Waals surface area (Å²) in [6.45, 7) is 1.01. The Labute approximate surface area is 170 Å². The van der Waals surface area contributed by atoms with Gasteiger partial charge in [-0.3, -0.25) is 8.95 Å². The number of aromatic nitrogens is 5. The number of alkyl halides is 2. The van der Waals surface area contributed by atoms with Crippen molar-refractivity contribution in [1.29, 1.82) is 0 Å². The van der Waals surface area contributed by atoms with Gasteiger partial charge in [0.25, 0.3) is 6.43 Å². The lowest BCUT2D eigenvalue weighted by Gasteiger charge is -2.41. The van der Waals surface area contributed by atoms with E-state index in [2.05, 4.69) is 24.7 Å². The molecule has 0 amide bonds. The molecule has 4 rings (SSSR count). The Bertz CT molecular complexity index is 1140. The normalized spacial score (nSPS) is 19.2. The number of nitrogens with zero attached hydrogens (tertiary/aromatic N) is 6. The van der Waals surface area contributed by atoms with E-state index in [9.17, 15) is 17.5 Å². The number of rotatable bonds is 5. The van der Waals surface area contributed by atoms with E-state index < -0.39 is 22.4 Å². The van der Waals surface area contributed by atoms with E-state index in [-0.39, 0.29) is 5.69 Å². The fourth-order valence-electron chi connectivity index (χ4n) is 3.45. The molecule has 0 bridgehead atoms. The molecule has 0 spiro atoms. The highest BCUT2D eigenvalue weighted by Gasteiger charge is 2.27. The number of nitrogens with two attached hydrogens (primary N) is 2. The first-order valence-electron chi connectivity index (χ1n) is 9.05. The SMILES string of the molecule is NS(N)(=O)(O)N[C@H]1CCCN(c2ccnc(-c3cnc4cnc(C(F)F)cn34)n2)C1. The topological polar surface area (TPSA) is 161 Å². The number of hydrogen-bond donors (Lipinski definition) is 4. The van der Waals surface area contributed by atoms with E-state index >= 15 is 0 Å². The second-order valence-electron chi connectivity index (χ2n) is 7.15. The van der Waals surface area contributed by atoms with Gasteiger partial charge >= 0.3 is 0 Å². The zero-order valence-corrected chi connectivity index (χ0v) is 16.5. The highest BCUT2D eigenvalue weighted by Crippen LogP contribution is 2.24. The summed E-state index contributed by atoms with van der Waals surface area (Å²) in [5.41, 5.74) is 0.444. The Hall–Kier alpha value is -2.65. The van der Waals surface area contributed by atoms with Gasteiger partial charge < -0.3 is 4.90 Å². The molecule has 0 radical (unpaired) electrons. The number of nitrogens with one attached hydrogen (secondary N) is 1. The Morgan fingerprint density at radius 1 is 1.27 bits per heavy atom. The predicted octanol–water partition coefficient (Wildman–Crippen LogP) is 0.638. The Morgan fingerprint density at radius 2 is 2.07 bits per heavy atom. The third kappa shape index (κ3) is 4.57. The van der Waals surface area contributed by atoms with Crippen molar-refractivity contribution in [3.63, 3.8) is 0 Å². The van der Waals surface area contributed by atoms with Crippen molar-refractivity contribution in [1.82, 2.24) is 29.1 Å². The van der Waals surface area contributed by atoms with Crippen molar-refractivity contribution in [3.05, 3.63) is 36.5 Å². The van der Waals surface area contributed by atoms with Gasteiger partial charge in [-0.2, -0.15) is 8.93 Å². The van der Waals surface area contributed by atoms with Gasteiger partial charge in [-0.05, 0) is 28.8 Å². The van der Waals surface area contributed by atoms with Gasteiger partial charge in [0.1, 0.15) is 17.2 Å². The van der Waals surface area contributed by atoms with Crippen LogP contribution in [0, 0.1) is 0 Å². The fraction of sp³-hybridized carbons (Fsp3) is 0.375. The lowest BCUT2D eigenvalue weighted by atomic mass is 10.1. The Balaban J connectivity index is 1.63. The second-order valence-corrected chi connectivity index (χ2v) is 9.43. The highest BCUT2D eigenvalue weighted by atomic mass is 32.3. The van der Waals surface area contributed by atoms with E-state index in [0.717, 1.165) is 6.42 Å². The van der Waals surface area contributed by atoms with Crippen LogP contribution in [0.5, 0.6) is 0 Å². The summed E-state index contributed by atoms with van der Waals surface area (Å²) in [7, 11) is -4.83. The predicted molar refractivity (Wildman–Crippen MR) is 106 cm³/mol. The number of anilines is 1. The third-order valence-electron chi connectivity index (χ3n) is 4.66. The van der Waals surface area contributed by atoms with Gasteiger partial charge in [-0.1, -0.05) is 0 Å². The second kappa shape index (κ2) is 7.24. The van der Waals surface area contributed by atoms with Crippen LogP contribution in [-0.2, 0) is 9.90 Å². The summed E-state index contributed by atoms with van der Waals surface area (Å²) in [6, 6.07) is 1.28. The third-order valence-corrected chi connectivity index (χ3v) is 5.47. The van der Waals surface area contributed by atoms with Crippen LogP contribution in [0.3, 0.4) is 0 Å². The lowest BCUT2D eigenvalue weighted by molar-refractivity contribution is 0.145. The Kier molecular flexibility index (Phi) is 4.98. The van der Waals surface area contributed by atoms with Crippen LogP contribution in [0.2, 0.25) is 0 Å². The summed E-state index contributed by atoms with van der Waals surface area (Å²) < 4.78 is 51.3. The fourth-order valence-corrected chi connectivity index (χ4v) is 4.31. The van der Waals surface area contributed by atoms with Crippen LogP contribution < -0.4 is 19.9 Å². The van der Waals surface area contributed by atoms with Gasteiger partial charge in [-0.15, -0.1) is 0 Å². The van der Waals surface area contributed by atoms with Gasteiger partial charge in [0.15, 0.2) is 11.5 Å². The molecule has 0 aliphatic carbocycles. The molecule has 1 fully saturated rings. The lowest BCUT2D eigenvalue weighted by Crippen LogP contribution is -2.66. The largest absolute Gasteiger partial charge is 0.355 e. The molecular weight excluding hydrogens is 420 g/mol. The van der Waals surface area contributed by atoms with Crippen molar-refractivity contribution in [2.45, 2.75) is 25.3 Å². The molecule has 6 N–H and O–H groups in total. The average Bonchev–Trinajstić information content (AvgIpc) is 3.09. The molecule has 30 heavy (non-hydrogen) atoms. The summed E-state index contributed by atoms with van der Waals surface area (Å²) in [5, 5.41) is 10.5. The maximum atomic E-state index is 13.0. The van der Waals surface area contributed by atoms with E-state index in [0.29, 0.717) is 42.5 Å². The number of fused-ring (bicyclic) bond motifs is 1. The molecular formula is C16H21F2N9O2S. The number of hydrogen-bond acceptors (Lipinski definition) is 6. The van der Waals surface area contributed by atoms with Crippen molar-refractivity contribution >= 4 is 21.4 Å². The molecule has 3 aromatic heterocycles. The average molecular weight is 441 g/mol. The minimum absolute atomic E-state index is 0.295. The van der Waals surface area contributed by atoms with E-state index in [4.69, 9.17) is 10.3 Å². The summed E-state index contributed by atoms with van der Waals surface area (Å²) in [5.74, 6) is 0.864. The zero-order valence-electron chi connectivity index (χ0n) is 15.7. The van der Waals surface area contributed by atoms with Crippen molar-refractivity contribution in [3.8, 4) is 11.5 Å². The molecule has 0 saturated carbocycles. The van der Waals surface area contributed by atoms with Crippen LogP contribution in [0.25, 0.3) is 17.2 Å². The molecule has 4 heterocycles. The van der Waals surface area contributed by atoms with Gasteiger partial charge in [-0.25, -0.2) is 39.0 Å². The number of piperidine rings is 1. The molecule has 11 nitrogen and oxygen atoms in total.